The number of rotatable bonds is 3. The van der Waals surface area contributed by atoms with Gasteiger partial charge in [0.05, 0.1) is 10.5 Å². The molecule has 0 unspecified atom stereocenters. The highest BCUT2D eigenvalue weighted by Gasteiger charge is 2.20. The number of allylic oxidation sites excluding steroid dienone is 4. The average Bonchev–Trinajstić information content (AvgIpc) is 3.11. The molecular weight excluding hydrogens is 382 g/mol. The summed E-state index contributed by atoms with van der Waals surface area (Å²) in [5.41, 5.74) is 5.95. The molecule has 28 heavy (non-hydrogen) atoms. The summed E-state index contributed by atoms with van der Waals surface area (Å²) in [6.07, 6.45) is 4.46. The minimum atomic E-state index is -0.647. The van der Waals surface area contributed by atoms with E-state index in [-0.39, 0.29) is 22.7 Å². The summed E-state index contributed by atoms with van der Waals surface area (Å²) in [6.45, 7) is 0. The highest BCUT2D eigenvalue weighted by molar-refractivity contribution is 7.19. The molecule has 1 aliphatic rings. The average molecular weight is 393 g/mol. The molecule has 2 N–H and O–H groups in total. The van der Waals surface area contributed by atoms with E-state index in [0.29, 0.717) is 9.97 Å². The SMILES string of the molecule is Nc1c(/C=C2\C=C([N+](=O)[O-])C=CC2=O)c(=O)nc2sc(-c3ccccc3)nn12. The molecule has 138 valence electrons. The Bertz CT molecular complexity index is 1280. The van der Waals surface area contributed by atoms with Gasteiger partial charge in [0.25, 0.3) is 11.3 Å². The first kappa shape index (κ1) is 17.5. The molecule has 0 radical (unpaired) electrons. The minimum absolute atomic E-state index is 0.000614. The summed E-state index contributed by atoms with van der Waals surface area (Å²) >= 11 is 1.20. The molecule has 1 aromatic carbocycles. The first-order valence-corrected chi connectivity index (χ1v) is 8.80. The Morgan fingerprint density at radius 3 is 2.64 bits per heavy atom. The molecule has 9 nitrogen and oxygen atoms in total. The number of ketones is 1. The van der Waals surface area contributed by atoms with Gasteiger partial charge in [0.1, 0.15) is 10.8 Å². The summed E-state index contributed by atoms with van der Waals surface area (Å²) in [7, 11) is 0. The zero-order chi connectivity index (χ0) is 19.8. The van der Waals surface area contributed by atoms with Gasteiger partial charge in [-0.1, -0.05) is 41.7 Å². The van der Waals surface area contributed by atoms with Crippen LogP contribution < -0.4 is 11.3 Å². The fourth-order valence-electron chi connectivity index (χ4n) is 2.63. The molecule has 0 atom stereocenters. The number of hydrogen-bond acceptors (Lipinski definition) is 8. The van der Waals surface area contributed by atoms with Gasteiger partial charge in [-0.2, -0.15) is 14.6 Å². The van der Waals surface area contributed by atoms with Crippen LogP contribution in [0.4, 0.5) is 5.82 Å². The number of nitro groups is 1. The number of aromatic nitrogens is 3. The van der Waals surface area contributed by atoms with Gasteiger partial charge in [-0.25, -0.2) is 0 Å². The second-order valence-corrected chi connectivity index (χ2v) is 6.76. The fraction of sp³-hybridized carbons (Fsp3) is 0. The van der Waals surface area contributed by atoms with Crippen molar-refractivity contribution in [1.82, 2.24) is 14.6 Å². The first-order chi connectivity index (χ1) is 13.4. The van der Waals surface area contributed by atoms with E-state index in [1.807, 2.05) is 30.3 Å². The van der Waals surface area contributed by atoms with E-state index in [4.69, 9.17) is 5.73 Å². The second-order valence-electron chi connectivity index (χ2n) is 5.81. The molecule has 2 aromatic heterocycles. The first-order valence-electron chi connectivity index (χ1n) is 7.99. The summed E-state index contributed by atoms with van der Waals surface area (Å²) in [4.78, 5) is 39.1. The van der Waals surface area contributed by atoms with Crippen LogP contribution in [-0.4, -0.2) is 25.3 Å². The normalized spacial score (nSPS) is 15.2. The molecular formula is C18H11N5O4S. The van der Waals surface area contributed by atoms with E-state index in [0.717, 1.165) is 23.8 Å². The van der Waals surface area contributed by atoms with Gasteiger partial charge in [-0.15, -0.1) is 0 Å². The van der Waals surface area contributed by atoms with E-state index < -0.39 is 16.3 Å². The van der Waals surface area contributed by atoms with Crippen molar-refractivity contribution in [2.45, 2.75) is 0 Å². The van der Waals surface area contributed by atoms with Crippen molar-refractivity contribution in [3.63, 3.8) is 0 Å². The molecule has 2 heterocycles. The molecule has 0 amide bonds. The Kier molecular flexibility index (Phi) is 4.17. The van der Waals surface area contributed by atoms with Gasteiger partial charge >= 0.3 is 0 Å². The summed E-state index contributed by atoms with van der Waals surface area (Å²) in [6, 6.07) is 9.33. The van der Waals surface area contributed by atoms with Crippen LogP contribution in [0.5, 0.6) is 0 Å². The molecule has 0 fully saturated rings. The van der Waals surface area contributed by atoms with Gasteiger partial charge in [-0.3, -0.25) is 19.7 Å². The number of nitrogens with two attached hydrogens (primary N) is 1. The number of benzene rings is 1. The standard InChI is InChI=1S/C18H11N5O4S/c19-15-13(9-11-8-12(23(26)27)6-7-14(11)24)16(25)20-18-22(15)21-17(28-18)10-4-2-1-3-5-10/h1-9H,19H2/b11-9+. The van der Waals surface area contributed by atoms with E-state index in [9.17, 15) is 19.7 Å². The number of carbonyl (C=O) groups excluding carboxylic acids is 1. The number of carbonyl (C=O) groups is 1. The molecule has 0 saturated heterocycles. The lowest BCUT2D eigenvalue weighted by molar-refractivity contribution is -0.419. The van der Waals surface area contributed by atoms with Crippen LogP contribution >= 0.6 is 11.3 Å². The zero-order valence-electron chi connectivity index (χ0n) is 14.1. The lowest BCUT2D eigenvalue weighted by atomic mass is 10.0. The molecule has 0 spiro atoms. The quantitative estimate of drug-likeness (QED) is 0.409. The van der Waals surface area contributed by atoms with Gasteiger partial charge in [0, 0.05) is 23.3 Å². The van der Waals surface area contributed by atoms with Crippen molar-refractivity contribution in [3.8, 4) is 10.6 Å². The summed E-state index contributed by atoms with van der Waals surface area (Å²) in [5, 5.41) is 16.0. The minimum Gasteiger partial charge on any atom is -0.383 e. The maximum absolute atomic E-state index is 12.4. The second kappa shape index (κ2) is 6.67. The number of hydrogen-bond donors (Lipinski definition) is 1. The predicted molar refractivity (Wildman–Crippen MR) is 104 cm³/mol. The van der Waals surface area contributed by atoms with E-state index >= 15 is 0 Å². The van der Waals surface area contributed by atoms with Crippen LogP contribution in [0, 0.1) is 10.1 Å². The van der Waals surface area contributed by atoms with E-state index in [2.05, 4.69) is 10.1 Å². The maximum Gasteiger partial charge on any atom is 0.283 e. The summed E-state index contributed by atoms with van der Waals surface area (Å²) in [5.74, 6) is -0.475. The van der Waals surface area contributed by atoms with Crippen molar-refractivity contribution < 1.29 is 9.72 Å². The van der Waals surface area contributed by atoms with Crippen LogP contribution in [-0.2, 0) is 4.79 Å². The molecule has 10 heteroatoms. The lowest BCUT2D eigenvalue weighted by Crippen LogP contribution is -2.17. The Labute approximate surface area is 160 Å². The van der Waals surface area contributed by atoms with E-state index in [1.54, 1.807) is 0 Å². The number of nitrogens with zero attached hydrogens (tertiary/aromatic N) is 4. The van der Waals surface area contributed by atoms with Crippen molar-refractivity contribution in [2.24, 2.45) is 0 Å². The van der Waals surface area contributed by atoms with Crippen LogP contribution in [0.25, 0.3) is 21.6 Å². The van der Waals surface area contributed by atoms with Crippen molar-refractivity contribution in [3.05, 3.63) is 85.9 Å². The molecule has 0 bridgehead atoms. The van der Waals surface area contributed by atoms with Crippen molar-refractivity contribution in [1.29, 1.82) is 0 Å². The highest BCUT2D eigenvalue weighted by Crippen LogP contribution is 2.26. The number of anilines is 1. The number of nitrogen functional groups attached to an aromatic ring is 1. The molecule has 3 aromatic rings. The third kappa shape index (κ3) is 3.01. The third-order valence-electron chi connectivity index (χ3n) is 4.02. The largest absolute Gasteiger partial charge is 0.383 e. The topological polar surface area (TPSA) is 133 Å². The zero-order valence-corrected chi connectivity index (χ0v) is 14.9. The van der Waals surface area contributed by atoms with Gasteiger partial charge in [0.15, 0.2) is 5.78 Å². The monoisotopic (exact) mass is 393 g/mol. The molecule has 4 rings (SSSR count). The molecule has 0 aliphatic heterocycles. The molecule has 1 aliphatic carbocycles. The van der Waals surface area contributed by atoms with Crippen LogP contribution in [0.15, 0.2) is 64.6 Å². The van der Waals surface area contributed by atoms with Gasteiger partial charge in [-0.05, 0) is 12.2 Å². The number of fused-ring (bicyclic) bond motifs is 1. The van der Waals surface area contributed by atoms with Crippen molar-refractivity contribution in [2.75, 3.05) is 5.73 Å². The molecule has 0 saturated carbocycles. The lowest BCUT2D eigenvalue weighted by Gasteiger charge is -2.05. The smallest absolute Gasteiger partial charge is 0.283 e. The Morgan fingerprint density at radius 1 is 1.18 bits per heavy atom. The van der Waals surface area contributed by atoms with E-state index in [1.165, 1.54) is 21.9 Å². The third-order valence-corrected chi connectivity index (χ3v) is 4.97. The Morgan fingerprint density at radius 2 is 1.93 bits per heavy atom. The summed E-state index contributed by atoms with van der Waals surface area (Å²) < 4.78 is 1.32. The van der Waals surface area contributed by atoms with Crippen LogP contribution in [0.1, 0.15) is 5.56 Å². The Hall–Kier alpha value is -3.92. The van der Waals surface area contributed by atoms with Crippen molar-refractivity contribution >= 4 is 34.0 Å². The van der Waals surface area contributed by atoms with Crippen LogP contribution in [0.3, 0.4) is 0 Å². The maximum atomic E-state index is 12.4. The van der Waals surface area contributed by atoms with Gasteiger partial charge < -0.3 is 5.73 Å². The Balaban J connectivity index is 1.87. The highest BCUT2D eigenvalue weighted by atomic mass is 32.1. The fourth-order valence-corrected chi connectivity index (χ4v) is 3.54. The van der Waals surface area contributed by atoms with Gasteiger partial charge in [0.2, 0.25) is 4.96 Å². The van der Waals surface area contributed by atoms with Crippen LogP contribution in [0.2, 0.25) is 0 Å². The predicted octanol–water partition coefficient (Wildman–Crippen LogP) is 2.08.